The lowest BCUT2D eigenvalue weighted by Crippen LogP contribution is -2.28. The van der Waals surface area contributed by atoms with E-state index in [1.54, 1.807) is 13.8 Å². The topological polar surface area (TPSA) is 104 Å². The van der Waals surface area contributed by atoms with Gasteiger partial charge in [-0.1, -0.05) is 19.1 Å². The third-order valence-corrected chi connectivity index (χ3v) is 4.26. The van der Waals surface area contributed by atoms with Crippen LogP contribution in [-0.2, 0) is 4.74 Å². The Bertz CT molecular complexity index is 945. The summed E-state index contributed by atoms with van der Waals surface area (Å²) >= 11 is 0. The molecule has 3 heterocycles. The predicted octanol–water partition coefficient (Wildman–Crippen LogP) is 2.35. The Kier molecular flexibility index (Phi) is 6.53. The molecule has 0 aromatic carbocycles. The molecule has 0 amide bonds. The molecule has 0 bridgehead atoms. The first-order chi connectivity index (χ1) is 14.1. The van der Waals surface area contributed by atoms with Crippen molar-refractivity contribution in [2.45, 2.75) is 40.5 Å². The summed E-state index contributed by atoms with van der Waals surface area (Å²) in [6.07, 6.45) is 5.67. The molecule has 0 N–H and O–H groups in total. The molecule has 10 heteroatoms. The van der Waals surface area contributed by atoms with Gasteiger partial charge >= 0.3 is 5.97 Å². The minimum Gasteiger partial charge on any atom is -0.461 e. The maximum Gasteiger partial charge on any atom is 0.360 e. The monoisotopic (exact) mass is 398 g/mol. The molecule has 0 aliphatic carbocycles. The SMILES string of the molecule is CCCN(CCC)c1nc(-n2cccc2)nc(-n2nnc(C(=O)OCC)c2C)n1. The molecule has 3 aromatic heterocycles. The van der Waals surface area contributed by atoms with E-state index in [0.29, 0.717) is 23.5 Å². The van der Waals surface area contributed by atoms with Crippen LogP contribution < -0.4 is 4.90 Å². The number of aromatic nitrogens is 7. The van der Waals surface area contributed by atoms with Crippen molar-refractivity contribution >= 4 is 11.9 Å². The lowest BCUT2D eigenvalue weighted by Gasteiger charge is -2.22. The molecule has 154 valence electrons. The number of esters is 1. The number of hydrogen-bond donors (Lipinski definition) is 0. The summed E-state index contributed by atoms with van der Waals surface area (Å²) in [5.41, 5.74) is 0.659. The van der Waals surface area contributed by atoms with Gasteiger partial charge in [-0.05, 0) is 38.8 Å². The van der Waals surface area contributed by atoms with E-state index in [2.05, 4.69) is 44.0 Å². The quantitative estimate of drug-likeness (QED) is 0.506. The average Bonchev–Trinajstić information content (AvgIpc) is 3.37. The summed E-state index contributed by atoms with van der Waals surface area (Å²) in [4.78, 5) is 28.1. The van der Waals surface area contributed by atoms with Gasteiger partial charge in [0.15, 0.2) is 5.69 Å². The molecule has 0 aliphatic heterocycles. The van der Waals surface area contributed by atoms with Gasteiger partial charge in [-0.2, -0.15) is 19.6 Å². The second kappa shape index (κ2) is 9.26. The van der Waals surface area contributed by atoms with E-state index < -0.39 is 5.97 Å². The number of rotatable bonds is 9. The summed E-state index contributed by atoms with van der Waals surface area (Å²) in [6.45, 7) is 9.63. The first kappa shape index (κ1) is 20.4. The predicted molar refractivity (Wildman–Crippen MR) is 108 cm³/mol. The Morgan fingerprint density at radius 1 is 1.03 bits per heavy atom. The van der Waals surface area contributed by atoms with Gasteiger partial charge in [0.25, 0.3) is 5.95 Å². The zero-order valence-corrected chi connectivity index (χ0v) is 17.2. The molecule has 29 heavy (non-hydrogen) atoms. The number of nitrogens with zero attached hydrogens (tertiary/aromatic N) is 8. The third kappa shape index (κ3) is 4.41. The summed E-state index contributed by atoms with van der Waals surface area (Å²) in [7, 11) is 0. The molecule has 3 aromatic rings. The largest absolute Gasteiger partial charge is 0.461 e. The normalized spacial score (nSPS) is 10.9. The summed E-state index contributed by atoms with van der Waals surface area (Å²) in [5.74, 6) is 0.820. The van der Waals surface area contributed by atoms with Gasteiger partial charge in [0, 0.05) is 25.5 Å². The van der Waals surface area contributed by atoms with Crippen LogP contribution in [0.2, 0.25) is 0 Å². The second-order valence-corrected chi connectivity index (χ2v) is 6.47. The van der Waals surface area contributed by atoms with E-state index in [1.807, 2.05) is 29.1 Å². The molecule has 0 unspecified atom stereocenters. The molecule has 0 saturated heterocycles. The number of carbonyl (C=O) groups is 1. The van der Waals surface area contributed by atoms with Crippen molar-refractivity contribution in [3.8, 4) is 11.9 Å². The smallest absolute Gasteiger partial charge is 0.360 e. The molecule has 0 radical (unpaired) electrons. The minimum atomic E-state index is -0.519. The standard InChI is InChI=1S/C19H26N8O2/c1-5-10-25(11-6-2)17-20-18(26-12-8-9-13-26)22-19(21-17)27-14(4)15(23-24-27)16(28)29-7-3/h8-9,12-13H,5-7,10-11H2,1-4H3. The highest BCUT2D eigenvalue weighted by Gasteiger charge is 2.22. The van der Waals surface area contributed by atoms with Gasteiger partial charge in [0.2, 0.25) is 11.9 Å². The van der Waals surface area contributed by atoms with Crippen LogP contribution in [0.25, 0.3) is 11.9 Å². The van der Waals surface area contributed by atoms with E-state index >= 15 is 0 Å². The van der Waals surface area contributed by atoms with Crippen LogP contribution in [-0.4, -0.2) is 60.2 Å². The van der Waals surface area contributed by atoms with Crippen LogP contribution in [0.3, 0.4) is 0 Å². The molecule has 10 nitrogen and oxygen atoms in total. The van der Waals surface area contributed by atoms with Gasteiger partial charge in [-0.25, -0.2) is 4.79 Å². The zero-order valence-electron chi connectivity index (χ0n) is 17.2. The van der Waals surface area contributed by atoms with Crippen molar-refractivity contribution in [2.24, 2.45) is 0 Å². The highest BCUT2D eigenvalue weighted by molar-refractivity contribution is 5.88. The Morgan fingerprint density at radius 2 is 1.69 bits per heavy atom. The van der Waals surface area contributed by atoms with Crippen LogP contribution >= 0.6 is 0 Å². The fourth-order valence-electron chi connectivity index (χ4n) is 2.92. The average molecular weight is 398 g/mol. The maximum absolute atomic E-state index is 12.1. The lowest BCUT2D eigenvalue weighted by molar-refractivity contribution is 0.0518. The molecule has 0 spiro atoms. The van der Waals surface area contributed by atoms with Crippen molar-refractivity contribution in [2.75, 3.05) is 24.6 Å². The molecule has 0 aliphatic rings. The molecule has 0 atom stereocenters. The Labute approximate surface area is 169 Å². The number of ether oxygens (including phenoxy) is 1. The first-order valence-corrected chi connectivity index (χ1v) is 9.83. The number of carbonyl (C=O) groups excluding carboxylic acids is 1. The van der Waals surface area contributed by atoms with Gasteiger partial charge in [-0.15, -0.1) is 5.10 Å². The van der Waals surface area contributed by atoms with Crippen LogP contribution in [0.15, 0.2) is 24.5 Å². The van der Waals surface area contributed by atoms with Crippen molar-refractivity contribution in [3.05, 3.63) is 35.9 Å². The second-order valence-electron chi connectivity index (χ2n) is 6.47. The summed E-state index contributed by atoms with van der Waals surface area (Å²) in [6, 6.07) is 3.80. The third-order valence-electron chi connectivity index (χ3n) is 4.26. The lowest BCUT2D eigenvalue weighted by atomic mass is 10.3. The summed E-state index contributed by atoms with van der Waals surface area (Å²) < 4.78 is 8.30. The zero-order chi connectivity index (χ0) is 20.8. The van der Waals surface area contributed by atoms with E-state index in [4.69, 9.17) is 4.74 Å². The van der Waals surface area contributed by atoms with Crippen molar-refractivity contribution in [1.29, 1.82) is 0 Å². The first-order valence-electron chi connectivity index (χ1n) is 9.83. The van der Waals surface area contributed by atoms with Crippen LogP contribution in [0.1, 0.15) is 49.8 Å². The molecular formula is C19H26N8O2. The van der Waals surface area contributed by atoms with E-state index in [0.717, 1.165) is 25.9 Å². The van der Waals surface area contributed by atoms with Crippen LogP contribution in [0, 0.1) is 6.92 Å². The Morgan fingerprint density at radius 3 is 2.31 bits per heavy atom. The minimum absolute atomic E-state index is 0.148. The number of hydrogen-bond acceptors (Lipinski definition) is 8. The van der Waals surface area contributed by atoms with Crippen LogP contribution in [0.4, 0.5) is 5.95 Å². The highest BCUT2D eigenvalue weighted by Crippen LogP contribution is 2.16. The van der Waals surface area contributed by atoms with E-state index in [1.165, 1.54) is 4.68 Å². The summed E-state index contributed by atoms with van der Waals surface area (Å²) in [5, 5.41) is 8.06. The van der Waals surface area contributed by atoms with Gasteiger partial charge in [0.1, 0.15) is 0 Å². The van der Waals surface area contributed by atoms with E-state index in [9.17, 15) is 4.79 Å². The van der Waals surface area contributed by atoms with Gasteiger partial charge in [0.05, 0.1) is 12.3 Å². The fraction of sp³-hybridized carbons (Fsp3) is 0.474. The van der Waals surface area contributed by atoms with Crippen molar-refractivity contribution in [3.63, 3.8) is 0 Å². The van der Waals surface area contributed by atoms with Crippen molar-refractivity contribution in [1.82, 2.24) is 34.5 Å². The Balaban J connectivity index is 2.10. The maximum atomic E-state index is 12.1. The number of anilines is 1. The highest BCUT2D eigenvalue weighted by atomic mass is 16.5. The van der Waals surface area contributed by atoms with Gasteiger partial charge in [-0.3, -0.25) is 4.57 Å². The fourth-order valence-corrected chi connectivity index (χ4v) is 2.92. The van der Waals surface area contributed by atoms with Gasteiger partial charge < -0.3 is 9.64 Å². The molecule has 0 fully saturated rings. The van der Waals surface area contributed by atoms with Crippen molar-refractivity contribution < 1.29 is 9.53 Å². The molecule has 3 rings (SSSR count). The molecule has 0 saturated carbocycles. The van der Waals surface area contributed by atoms with E-state index in [-0.39, 0.29) is 12.3 Å². The van der Waals surface area contributed by atoms with Crippen LogP contribution in [0.5, 0.6) is 0 Å². The Hall–Kier alpha value is -3.30. The molecular weight excluding hydrogens is 372 g/mol.